The van der Waals surface area contributed by atoms with Crippen molar-refractivity contribution in [3.8, 4) is 0 Å². The first kappa shape index (κ1) is 14.4. The van der Waals surface area contributed by atoms with Crippen molar-refractivity contribution in [1.82, 2.24) is 15.2 Å². The molecule has 1 aliphatic carbocycles. The third kappa shape index (κ3) is 4.90. The van der Waals surface area contributed by atoms with Gasteiger partial charge in [-0.1, -0.05) is 6.07 Å². The van der Waals surface area contributed by atoms with Gasteiger partial charge in [-0.25, -0.2) is 0 Å². The van der Waals surface area contributed by atoms with Crippen LogP contribution < -0.4 is 5.32 Å². The molecule has 0 amide bonds. The van der Waals surface area contributed by atoms with Crippen LogP contribution in [0.25, 0.3) is 0 Å². The molecule has 0 aromatic carbocycles. The van der Waals surface area contributed by atoms with Crippen molar-refractivity contribution in [2.45, 2.75) is 44.9 Å². The number of hydrogen-bond donors (Lipinski definition) is 1. The Morgan fingerprint density at radius 3 is 2.84 bits per heavy atom. The highest BCUT2D eigenvalue weighted by Gasteiger charge is 2.19. The molecular formula is C15H25N3O. The van der Waals surface area contributed by atoms with Crippen LogP contribution in [0.1, 0.15) is 31.0 Å². The summed E-state index contributed by atoms with van der Waals surface area (Å²) in [5.41, 5.74) is 2.38. The van der Waals surface area contributed by atoms with E-state index in [4.69, 9.17) is 4.74 Å². The van der Waals surface area contributed by atoms with Gasteiger partial charge in [0.2, 0.25) is 0 Å². The number of aromatic nitrogens is 1. The van der Waals surface area contributed by atoms with E-state index in [1.54, 1.807) is 7.11 Å². The summed E-state index contributed by atoms with van der Waals surface area (Å²) < 4.78 is 5.17. The molecule has 106 valence electrons. The molecule has 0 saturated heterocycles. The summed E-state index contributed by atoms with van der Waals surface area (Å²) in [6, 6.07) is 5.45. The zero-order valence-corrected chi connectivity index (χ0v) is 12.2. The Kier molecular flexibility index (Phi) is 5.31. The van der Waals surface area contributed by atoms with Crippen molar-refractivity contribution in [2.75, 3.05) is 20.8 Å². The lowest BCUT2D eigenvalue weighted by Crippen LogP contribution is -2.32. The Hall–Kier alpha value is -0.970. The van der Waals surface area contributed by atoms with Crippen LogP contribution in [0.15, 0.2) is 18.3 Å². The largest absolute Gasteiger partial charge is 0.383 e. The van der Waals surface area contributed by atoms with Gasteiger partial charge in [0.15, 0.2) is 0 Å². The van der Waals surface area contributed by atoms with Crippen molar-refractivity contribution >= 4 is 0 Å². The quantitative estimate of drug-likeness (QED) is 0.776. The molecule has 0 bridgehead atoms. The smallest absolute Gasteiger partial charge is 0.0615 e. The second-order valence-corrected chi connectivity index (χ2v) is 5.53. The van der Waals surface area contributed by atoms with Crippen LogP contribution in [0.4, 0.5) is 0 Å². The van der Waals surface area contributed by atoms with Crippen molar-refractivity contribution in [1.29, 1.82) is 0 Å². The van der Waals surface area contributed by atoms with E-state index in [9.17, 15) is 0 Å². The Bertz CT molecular complexity index is 375. The number of rotatable bonds is 8. The van der Waals surface area contributed by atoms with Gasteiger partial charge in [0.1, 0.15) is 0 Å². The topological polar surface area (TPSA) is 37.4 Å². The van der Waals surface area contributed by atoms with Crippen LogP contribution in [0.5, 0.6) is 0 Å². The highest BCUT2D eigenvalue weighted by atomic mass is 16.5. The third-order valence-corrected chi connectivity index (χ3v) is 3.63. The molecule has 1 N–H and O–H groups in total. The Balaban J connectivity index is 1.79. The van der Waals surface area contributed by atoms with Gasteiger partial charge in [-0.05, 0) is 38.4 Å². The molecular weight excluding hydrogens is 238 g/mol. The van der Waals surface area contributed by atoms with E-state index in [-0.39, 0.29) is 0 Å². The van der Waals surface area contributed by atoms with Crippen LogP contribution in [-0.2, 0) is 17.8 Å². The fraction of sp³-hybridized carbons (Fsp3) is 0.667. The minimum Gasteiger partial charge on any atom is -0.383 e. The van der Waals surface area contributed by atoms with Crippen molar-refractivity contribution < 1.29 is 4.74 Å². The fourth-order valence-electron chi connectivity index (χ4n) is 1.98. The predicted molar refractivity (Wildman–Crippen MR) is 76.9 cm³/mol. The summed E-state index contributed by atoms with van der Waals surface area (Å²) in [5.74, 6) is 0. The maximum atomic E-state index is 5.17. The number of nitrogens with one attached hydrogen (secondary N) is 1. The molecule has 0 radical (unpaired) electrons. The fourth-order valence-corrected chi connectivity index (χ4v) is 1.98. The predicted octanol–water partition coefficient (Wildman–Crippen LogP) is 1.80. The molecule has 1 aromatic heterocycles. The Labute approximate surface area is 116 Å². The molecule has 1 aromatic rings. The molecule has 1 fully saturated rings. The molecule has 4 nitrogen and oxygen atoms in total. The second kappa shape index (κ2) is 6.98. The second-order valence-electron chi connectivity index (χ2n) is 5.53. The molecule has 1 atom stereocenters. The van der Waals surface area contributed by atoms with Crippen LogP contribution in [0, 0.1) is 0 Å². The minimum absolute atomic E-state index is 0.406. The normalized spacial score (nSPS) is 16.8. The average Bonchev–Trinajstić information content (AvgIpc) is 3.22. The molecule has 1 heterocycles. The van der Waals surface area contributed by atoms with Gasteiger partial charge in [-0.2, -0.15) is 0 Å². The zero-order valence-electron chi connectivity index (χ0n) is 12.2. The average molecular weight is 263 g/mol. The van der Waals surface area contributed by atoms with E-state index in [1.807, 2.05) is 6.20 Å². The SMILES string of the molecule is COCC(C)N(C)Cc1ccc(CNC2CC2)cn1. The summed E-state index contributed by atoms with van der Waals surface area (Å²) in [7, 11) is 3.85. The minimum atomic E-state index is 0.406. The number of pyridine rings is 1. The maximum Gasteiger partial charge on any atom is 0.0615 e. The van der Waals surface area contributed by atoms with Crippen LogP contribution >= 0.6 is 0 Å². The first-order valence-electron chi connectivity index (χ1n) is 7.05. The van der Waals surface area contributed by atoms with Gasteiger partial charge in [0, 0.05) is 38.5 Å². The molecule has 1 unspecified atom stereocenters. The number of nitrogens with zero attached hydrogens (tertiary/aromatic N) is 2. The van der Waals surface area contributed by atoms with Gasteiger partial charge in [-0.3, -0.25) is 9.88 Å². The van der Waals surface area contributed by atoms with E-state index >= 15 is 0 Å². The van der Waals surface area contributed by atoms with Gasteiger partial charge >= 0.3 is 0 Å². The standard InChI is InChI=1S/C15H25N3O/c1-12(11-19-3)18(2)10-15-5-4-13(9-17-15)8-16-14-6-7-14/h4-5,9,12,14,16H,6-8,10-11H2,1-3H3. The zero-order chi connectivity index (χ0) is 13.7. The van der Waals surface area contributed by atoms with Crippen LogP contribution in [-0.4, -0.2) is 42.7 Å². The molecule has 1 aliphatic rings. The van der Waals surface area contributed by atoms with E-state index in [1.165, 1.54) is 18.4 Å². The van der Waals surface area contributed by atoms with E-state index in [0.29, 0.717) is 6.04 Å². The number of methoxy groups -OCH3 is 1. The van der Waals surface area contributed by atoms with E-state index in [2.05, 4.69) is 41.3 Å². The number of likely N-dealkylation sites (N-methyl/N-ethyl adjacent to an activating group) is 1. The van der Waals surface area contributed by atoms with E-state index in [0.717, 1.165) is 31.4 Å². The number of ether oxygens (including phenoxy) is 1. The van der Waals surface area contributed by atoms with Crippen molar-refractivity contribution in [2.24, 2.45) is 0 Å². The van der Waals surface area contributed by atoms with Gasteiger partial charge in [-0.15, -0.1) is 0 Å². The molecule has 2 rings (SSSR count). The van der Waals surface area contributed by atoms with Gasteiger partial charge in [0.05, 0.1) is 12.3 Å². The monoisotopic (exact) mass is 263 g/mol. The first-order valence-corrected chi connectivity index (χ1v) is 7.05. The summed E-state index contributed by atoms with van der Waals surface area (Å²) >= 11 is 0. The van der Waals surface area contributed by atoms with Crippen LogP contribution in [0.3, 0.4) is 0 Å². The molecule has 0 aliphatic heterocycles. The lowest BCUT2D eigenvalue weighted by atomic mass is 10.2. The highest BCUT2D eigenvalue weighted by molar-refractivity contribution is 5.14. The molecule has 4 heteroatoms. The first-order chi connectivity index (χ1) is 9.19. The maximum absolute atomic E-state index is 5.17. The van der Waals surface area contributed by atoms with Crippen molar-refractivity contribution in [3.05, 3.63) is 29.6 Å². The van der Waals surface area contributed by atoms with Gasteiger partial charge in [0.25, 0.3) is 0 Å². The van der Waals surface area contributed by atoms with Crippen LogP contribution in [0.2, 0.25) is 0 Å². The molecule has 19 heavy (non-hydrogen) atoms. The number of hydrogen-bond acceptors (Lipinski definition) is 4. The summed E-state index contributed by atoms with van der Waals surface area (Å²) in [6.45, 7) is 4.71. The highest BCUT2D eigenvalue weighted by Crippen LogP contribution is 2.19. The Morgan fingerprint density at radius 1 is 1.47 bits per heavy atom. The summed E-state index contributed by atoms with van der Waals surface area (Å²) in [6.07, 6.45) is 4.64. The Morgan fingerprint density at radius 2 is 2.26 bits per heavy atom. The summed E-state index contributed by atoms with van der Waals surface area (Å²) in [5, 5.41) is 3.50. The van der Waals surface area contributed by atoms with E-state index < -0.39 is 0 Å². The lowest BCUT2D eigenvalue weighted by molar-refractivity contribution is 0.111. The lowest BCUT2D eigenvalue weighted by Gasteiger charge is -2.23. The molecule has 1 saturated carbocycles. The summed E-state index contributed by atoms with van der Waals surface area (Å²) in [4.78, 5) is 6.79. The van der Waals surface area contributed by atoms with Crippen molar-refractivity contribution in [3.63, 3.8) is 0 Å². The van der Waals surface area contributed by atoms with Gasteiger partial charge < -0.3 is 10.1 Å². The molecule has 0 spiro atoms. The third-order valence-electron chi connectivity index (χ3n) is 3.63.